The van der Waals surface area contributed by atoms with E-state index in [0.717, 1.165) is 12.0 Å². The molecule has 4 atom stereocenters. The summed E-state index contributed by atoms with van der Waals surface area (Å²) in [5.74, 6) is -1.00. The number of nitrogens with zero attached hydrogens (tertiary/aromatic N) is 2. The highest BCUT2D eigenvalue weighted by molar-refractivity contribution is 5.92. The highest BCUT2D eigenvalue weighted by Gasteiger charge is 2.42. The van der Waals surface area contributed by atoms with Gasteiger partial charge in [0.2, 0.25) is 17.7 Å². The molecule has 3 aliphatic rings. The van der Waals surface area contributed by atoms with Gasteiger partial charge in [-0.2, -0.15) is 0 Å². The molecule has 9 nitrogen and oxygen atoms in total. The standard InChI is InChI=1S/C25H34N4O5/c1-15(27-23(31)8-9-34-3)25(33)29-14-20(30)11-22(29)24(32)26-12-17-4-6-18(7-5-17)21-10-19-13-28(19)16(21)2/h4-7,15,19-20,22,30H,8-14H2,1-3H3,(H,26,32)(H,27,31)/t15-,19?,20+,22-,28?/m0/s1. The van der Waals surface area contributed by atoms with Crippen molar-refractivity contribution in [2.24, 2.45) is 0 Å². The molecule has 9 heteroatoms. The smallest absolute Gasteiger partial charge is 0.245 e. The van der Waals surface area contributed by atoms with Gasteiger partial charge in [0.1, 0.15) is 12.1 Å². The fourth-order valence-electron chi connectivity index (χ4n) is 4.90. The van der Waals surface area contributed by atoms with Gasteiger partial charge >= 0.3 is 0 Å². The average Bonchev–Trinajstić information content (AvgIpc) is 3.39. The quantitative estimate of drug-likeness (QED) is 0.457. The minimum absolute atomic E-state index is 0.0658. The maximum atomic E-state index is 12.9. The Labute approximate surface area is 200 Å². The van der Waals surface area contributed by atoms with Crippen molar-refractivity contribution in [1.82, 2.24) is 20.4 Å². The molecule has 2 fully saturated rings. The van der Waals surface area contributed by atoms with Crippen molar-refractivity contribution in [2.75, 3.05) is 26.8 Å². The molecule has 3 amide bonds. The van der Waals surface area contributed by atoms with Gasteiger partial charge in [-0.05, 0) is 37.0 Å². The molecule has 3 heterocycles. The molecule has 0 spiro atoms. The van der Waals surface area contributed by atoms with Crippen LogP contribution < -0.4 is 10.6 Å². The number of amides is 3. The van der Waals surface area contributed by atoms with E-state index in [-0.39, 0.29) is 43.7 Å². The van der Waals surface area contributed by atoms with Crippen molar-refractivity contribution in [3.63, 3.8) is 0 Å². The van der Waals surface area contributed by atoms with E-state index in [2.05, 4.69) is 34.6 Å². The first kappa shape index (κ1) is 24.2. The maximum absolute atomic E-state index is 12.9. The normalized spacial score (nSPS) is 24.2. The van der Waals surface area contributed by atoms with Gasteiger partial charge in [-0.15, -0.1) is 0 Å². The average molecular weight is 471 g/mol. The minimum atomic E-state index is -0.798. The van der Waals surface area contributed by atoms with Gasteiger partial charge in [0, 0.05) is 45.3 Å². The van der Waals surface area contributed by atoms with Gasteiger partial charge in [0.05, 0.1) is 18.8 Å². The van der Waals surface area contributed by atoms with E-state index in [4.69, 9.17) is 4.74 Å². The highest BCUT2D eigenvalue weighted by Crippen LogP contribution is 2.43. The molecule has 0 radical (unpaired) electrons. The number of allylic oxidation sites excluding steroid dienone is 1. The number of hydrogen-bond acceptors (Lipinski definition) is 6. The van der Waals surface area contributed by atoms with Gasteiger partial charge in [-0.1, -0.05) is 24.3 Å². The molecule has 2 saturated heterocycles. The third-order valence-corrected chi connectivity index (χ3v) is 6.94. The molecule has 1 aromatic carbocycles. The number of fused-ring (bicyclic) bond motifs is 1. The number of methoxy groups -OCH3 is 1. The van der Waals surface area contributed by atoms with Gasteiger partial charge in [-0.3, -0.25) is 14.4 Å². The summed E-state index contributed by atoms with van der Waals surface area (Å²) in [7, 11) is 1.50. The second-order valence-corrected chi connectivity index (χ2v) is 9.42. The fourth-order valence-corrected chi connectivity index (χ4v) is 4.90. The van der Waals surface area contributed by atoms with Crippen LogP contribution in [0, 0.1) is 0 Å². The zero-order valence-electron chi connectivity index (χ0n) is 20.0. The van der Waals surface area contributed by atoms with E-state index in [1.807, 2.05) is 12.1 Å². The number of carbonyl (C=O) groups is 3. The largest absolute Gasteiger partial charge is 0.391 e. The van der Waals surface area contributed by atoms with Crippen LogP contribution in [0.4, 0.5) is 0 Å². The third kappa shape index (κ3) is 5.26. The molecule has 184 valence electrons. The topological polar surface area (TPSA) is 111 Å². The number of nitrogens with one attached hydrogen (secondary N) is 2. The Hall–Kier alpha value is -2.91. The number of benzene rings is 1. The number of carbonyl (C=O) groups excluding carboxylic acids is 3. The van der Waals surface area contributed by atoms with Gasteiger partial charge in [-0.25, -0.2) is 0 Å². The summed E-state index contributed by atoms with van der Waals surface area (Å²) < 4.78 is 4.88. The van der Waals surface area contributed by atoms with E-state index in [1.54, 1.807) is 6.92 Å². The Bertz CT molecular complexity index is 976. The summed E-state index contributed by atoms with van der Waals surface area (Å²) in [6.07, 6.45) is 0.641. The molecule has 0 aliphatic carbocycles. The van der Waals surface area contributed by atoms with Crippen LogP contribution in [-0.2, 0) is 25.7 Å². The summed E-state index contributed by atoms with van der Waals surface area (Å²) in [6.45, 7) is 5.59. The number of hydrogen-bond donors (Lipinski definition) is 3. The summed E-state index contributed by atoms with van der Waals surface area (Å²) in [5.41, 5.74) is 4.94. The molecule has 3 aliphatic heterocycles. The van der Waals surface area contributed by atoms with Gasteiger partial charge in [0.15, 0.2) is 0 Å². The highest BCUT2D eigenvalue weighted by atomic mass is 16.5. The Morgan fingerprint density at radius 2 is 1.94 bits per heavy atom. The molecule has 0 bridgehead atoms. The number of aliphatic hydroxyl groups excluding tert-OH is 1. The lowest BCUT2D eigenvalue weighted by molar-refractivity contribution is -0.141. The van der Waals surface area contributed by atoms with Gasteiger partial charge in [0.25, 0.3) is 0 Å². The van der Waals surface area contributed by atoms with E-state index in [0.29, 0.717) is 12.6 Å². The molecular formula is C25H34N4O5. The lowest BCUT2D eigenvalue weighted by Crippen LogP contribution is -2.52. The van der Waals surface area contributed by atoms with Crippen molar-refractivity contribution >= 4 is 23.3 Å². The van der Waals surface area contributed by atoms with Crippen molar-refractivity contribution in [2.45, 2.75) is 63.9 Å². The zero-order valence-corrected chi connectivity index (χ0v) is 20.0. The molecule has 4 rings (SSSR count). The predicted molar refractivity (Wildman–Crippen MR) is 126 cm³/mol. The monoisotopic (exact) mass is 470 g/mol. The van der Waals surface area contributed by atoms with Crippen LogP contribution in [0.5, 0.6) is 0 Å². The fraction of sp³-hybridized carbons (Fsp3) is 0.560. The molecule has 1 aromatic rings. The van der Waals surface area contributed by atoms with Crippen LogP contribution >= 0.6 is 0 Å². The maximum Gasteiger partial charge on any atom is 0.245 e. The summed E-state index contributed by atoms with van der Waals surface area (Å²) in [4.78, 5) is 41.5. The number of β-amino-alcohol motifs (C(OH)–C–C–N with tert-alkyl or cyclic N) is 1. The summed E-state index contributed by atoms with van der Waals surface area (Å²) in [6, 6.07) is 7.33. The number of aliphatic hydroxyl groups is 1. The Balaban J connectivity index is 1.31. The van der Waals surface area contributed by atoms with Crippen molar-refractivity contribution in [3.8, 4) is 0 Å². The number of likely N-dealkylation sites (tertiary alicyclic amines) is 1. The number of ether oxygens (including phenoxy) is 1. The minimum Gasteiger partial charge on any atom is -0.391 e. The van der Waals surface area contributed by atoms with Crippen molar-refractivity contribution < 1.29 is 24.2 Å². The molecule has 34 heavy (non-hydrogen) atoms. The first-order valence-corrected chi connectivity index (χ1v) is 11.9. The first-order chi connectivity index (χ1) is 16.3. The van der Waals surface area contributed by atoms with E-state index < -0.39 is 18.2 Å². The van der Waals surface area contributed by atoms with Crippen molar-refractivity contribution in [3.05, 3.63) is 41.1 Å². The molecule has 3 N–H and O–H groups in total. The van der Waals surface area contributed by atoms with Crippen LogP contribution in [0.15, 0.2) is 30.0 Å². The SMILES string of the molecule is COCCC(=O)N[C@@H](C)C(=O)N1C[C@H](O)C[C@H]1C(=O)NCc1ccc(C2=C(C)N3CC3C2)cc1. The summed E-state index contributed by atoms with van der Waals surface area (Å²) >= 11 is 0. The Morgan fingerprint density at radius 1 is 1.21 bits per heavy atom. The second-order valence-electron chi connectivity index (χ2n) is 9.42. The van der Waals surface area contributed by atoms with E-state index in [1.165, 1.54) is 35.4 Å². The van der Waals surface area contributed by atoms with Crippen LogP contribution in [-0.4, -0.2) is 83.7 Å². The van der Waals surface area contributed by atoms with Crippen LogP contribution in [0.1, 0.15) is 44.2 Å². The van der Waals surface area contributed by atoms with Crippen LogP contribution in [0.3, 0.4) is 0 Å². The van der Waals surface area contributed by atoms with E-state index in [9.17, 15) is 19.5 Å². The van der Waals surface area contributed by atoms with E-state index >= 15 is 0 Å². The Morgan fingerprint density at radius 3 is 2.59 bits per heavy atom. The number of rotatable bonds is 9. The second kappa shape index (κ2) is 10.1. The van der Waals surface area contributed by atoms with Gasteiger partial charge < -0.3 is 30.3 Å². The molecule has 0 aromatic heterocycles. The first-order valence-electron chi connectivity index (χ1n) is 11.9. The summed E-state index contributed by atoms with van der Waals surface area (Å²) in [5, 5.41) is 15.7. The van der Waals surface area contributed by atoms with Crippen LogP contribution in [0.2, 0.25) is 0 Å². The predicted octanol–water partition coefficient (Wildman–Crippen LogP) is 0.625. The third-order valence-electron chi connectivity index (χ3n) is 6.94. The lowest BCUT2D eigenvalue weighted by atomic mass is 9.99. The van der Waals surface area contributed by atoms with Crippen molar-refractivity contribution in [1.29, 1.82) is 0 Å². The molecule has 0 saturated carbocycles. The molecule has 1 unspecified atom stereocenters. The zero-order chi connectivity index (χ0) is 24.4. The molecular weight excluding hydrogens is 436 g/mol. The van der Waals surface area contributed by atoms with Crippen LogP contribution in [0.25, 0.3) is 5.57 Å². The Kier molecular flexibility index (Phi) is 7.23. The lowest BCUT2D eigenvalue weighted by Gasteiger charge is -2.27.